The highest BCUT2D eigenvalue weighted by atomic mass is 35.5. The maximum Gasteiger partial charge on any atom is 0.410 e. The molecule has 1 fully saturated rings. The summed E-state index contributed by atoms with van der Waals surface area (Å²) in [5.41, 5.74) is 4.23. The van der Waals surface area contributed by atoms with E-state index >= 15 is 0 Å². The first kappa shape index (κ1) is 24.6. The van der Waals surface area contributed by atoms with Crippen LogP contribution in [-0.2, 0) is 4.74 Å². The summed E-state index contributed by atoms with van der Waals surface area (Å²) in [6.07, 6.45) is 3.56. The van der Waals surface area contributed by atoms with Crippen LogP contribution in [0.4, 0.5) is 10.5 Å². The zero-order valence-corrected chi connectivity index (χ0v) is 21.1. The van der Waals surface area contributed by atoms with Crippen molar-refractivity contribution in [2.24, 2.45) is 0 Å². The Balaban J connectivity index is 1.32. The van der Waals surface area contributed by atoms with Gasteiger partial charge in [0.15, 0.2) is 0 Å². The predicted octanol–water partition coefficient (Wildman–Crippen LogP) is 6.61. The first-order valence-electron chi connectivity index (χ1n) is 11.8. The minimum Gasteiger partial charge on any atom is -0.444 e. The van der Waals surface area contributed by atoms with Crippen LogP contribution in [0.25, 0.3) is 11.1 Å². The molecule has 1 N–H and O–H groups in total. The Morgan fingerprint density at radius 1 is 1.06 bits per heavy atom. The number of pyridine rings is 1. The van der Waals surface area contributed by atoms with Crippen LogP contribution in [0.2, 0.25) is 5.02 Å². The van der Waals surface area contributed by atoms with Crippen LogP contribution in [0, 0.1) is 11.8 Å². The standard InChI is InChI=1S/C29H30ClN3O2/c1-29(2,3)35-28(34)33-18-4-5-27(33)20-32-25-14-6-21(7-15-25)8-16-26-17-11-23(19-31-26)22-9-12-24(30)13-10-22/h6-7,9-15,17,19,27,32H,4-5,18,20H2,1-3H3/t27-/m0/s1. The van der Waals surface area contributed by atoms with Gasteiger partial charge in [-0.1, -0.05) is 35.7 Å². The molecule has 1 aliphatic rings. The van der Waals surface area contributed by atoms with E-state index in [0.29, 0.717) is 17.3 Å². The van der Waals surface area contributed by atoms with Gasteiger partial charge in [-0.2, -0.15) is 0 Å². The zero-order valence-electron chi connectivity index (χ0n) is 20.3. The van der Waals surface area contributed by atoms with Crippen LogP contribution in [0.5, 0.6) is 0 Å². The highest BCUT2D eigenvalue weighted by molar-refractivity contribution is 6.30. The van der Waals surface area contributed by atoms with E-state index in [1.807, 2.05) is 92.5 Å². The lowest BCUT2D eigenvalue weighted by atomic mass is 10.1. The molecule has 0 aliphatic carbocycles. The molecule has 1 atom stereocenters. The molecule has 2 heterocycles. The van der Waals surface area contributed by atoms with E-state index in [1.165, 1.54) is 0 Å². The largest absolute Gasteiger partial charge is 0.444 e. The molecule has 5 nitrogen and oxygen atoms in total. The highest BCUT2D eigenvalue weighted by Crippen LogP contribution is 2.22. The van der Waals surface area contributed by atoms with Crippen molar-refractivity contribution < 1.29 is 9.53 Å². The lowest BCUT2D eigenvalue weighted by Crippen LogP contribution is -2.42. The Morgan fingerprint density at radius 2 is 1.77 bits per heavy atom. The second kappa shape index (κ2) is 10.8. The normalized spacial score (nSPS) is 15.3. The summed E-state index contributed by atoms with van der Waals surface area (Å²) in [5, 5.41) is 4.16. The molecule has 4 rings (SSSR count). The molecule has 0 spiro atoms. The maximum atomic E-state index is 12.5. The average Bonchev–Trinajstić information content (AvgIpc) is 3.31. The van der Waals surface area contributed by atoms with Gasteiger partial charge in [-0.25, -0.2) is 9.78 Å². The van der Waals surface area contributed by atoms with Crippen LogP contribution >= 0.6 is 11.6 Å². The molecule has 2 aromatic carbocycles. The predicted molar refractivity (Wildman–Crippen MR) is 142 cm³/mol. The van der Waals surface area contributed by atoms with Crippen LogP contribution in [0.1, 0.15) is 44.9 Å². The Kier molecular flexibility index (Phi) is 7.63. The molecule has 6 heteroatoms. The van der Waals surface area contributed by atoms with Gasteiger partial charge >= 0.3 is 6.09 Å². The number of aromatic nitrogens is 1. The van der Waals surface area contributed by atoms with Crippen LogP contribution in [-0.4, -0.2) is 40.7 Å². The number of carbonyl (C=O) groups excluding carboxylic acids is 1. The van der Waals surface area contributed by atoms with Gasteiger partial charge in [-0.15, -0.1) is 0 Å². The van der Waals surface area contributed by atoms with Crippen molar-refractivity contribution in [1.82, 2.24) is 9.88 Å². The fourth-order valence-corrected chi connectivity index (χ4v) is 4.06. The number of amides is 1. The molecule has 0 unspecified atom stereocenters. The maximum absolute atomic E-state index is 12.5. The first-order valence-corrected chi connectivity index (χ1v) is 12.2. The van der Waals surface area contributed by atoms with Crippen molar-refractivity contribution in [2.45, 2.75) is 45.3 Å². The molecule has 0 saturated carbocycles. The van der Waals surface area contributed by atoms with Crippen molar-refractivity contribution in [3.05, 3.63) is 83.1 Å². The van der Waals surface area contributed by atoms with E-state index in [1.54, 1.807) is 0 Å². The number of hydrogen-bond donors (Lipinski definition) is 1. The number of anilines is 1. The molecule has 1 aromatic heterocycles. The Hall–Kier alpha value is -3.49. The van der Waals surface area contributed by atoms with Crippen LogP contribution < -0.4 is 5.32 Å². The minimum atomic E-state index is -0.483. The van der Waals surface area contributed by atoms with E-state index in [-0.39, 0.29) is 12.1 Å². The Bertz CT molecular complexity index is 1200. The number of likely N-dealkylation sites (tertiary alicyclic amines) is 1. The van der Waals surface area contributed by atoms with Gasteiger partial charge in [0.1, 0.15) is 11.3 Å². The van der Waals surface area contributed by atoms with Gasteiger partial charge in [0.05, 0.1) is 6.04 Å². The lowest BCUT2D eigenvalue weighted by Gasteiger charge is -2.29. The summed E-state index contributed by atoms with van der Waals surface area (Å²) in [5.74, 6) is 6.29. The smallest absolute Gasteiger partial charge is 0.410 e. The molecule has 1 saturated heterocycles. The van der Waals surface area contributed by atoms with Gasteiger partial charge in [0, 0.05) is 41.1 Å². The average molecular weight is 488 g/mol. The van der Waals surface area contributed by atoms with E-state index in [0.717, 1.165) is 41.8 Å². The summed E-state index contributed by atoms with van der Waals surface area (Å²) in [7, 11) is 0. The number of halogens is 1. The molecule has 0 radical (unpaired) electrons. The summed E-state index contributed by atoms with van der Waals surface area (Å²) in [4.78, 5) is 18.8. The molecular weight excluding hydrogens is 458 g/mol. The summed E-state index contributed by atoms with van der Waals surface area (Å²) < 4.78 is 5.55. The Labute approximate surface area is 212 Å². The molecule has 180 valence electrons. The monoisotopic (exact) mass is 487 g/mol. The third-order valence-corrected chi connectivity index (χ3v) is 5.96. The van der Waals surface area contributed by atoms with Gasteiger partial charge in [-0.05, 0) is 87.6 Å². The van der Waals surface area contributed by atoms with Crippen LogP contribution in [0.3, 0.4) is 0 Å². The quantitative estimate of drug-likeness (QED) is 0.420. The third kappa shape index (κ3) is 7.00. The summed E-state index contributed by atoms with van der Waals surface area (Å²) in [6, 6.07) is 19.7. The molecule has 1 aliphatic heterocycles. The second-order valence-corrected chi connectivity index (χ2v) is 10.1. The topological polar surface area (TPSA) is 54.5 Å². The highest BCUT2D eigenvalue weighted by Gasteiger charge is 2.31. The van der Waals surface area contributed by atoms with Gasteiger partial charge in [0.25, 0.3) is 0 Å². The number of rotatable bonds is 4. The number of carbonyl (C=O) groups is 1. The minimum absolute atomic E-state index is 0.131. The van der Waals surface area contributed by atoms with Gasteiger partial charge < -0.3 is 15.0 Å². The van der Waals surface area contributed by atoms with Crippen molar-refractivity contribution in [1.29, 1.82) is 0 Å². The molecular formula is C29H30ClN3O2. The number of nitrogens with one attached hydrogen (secondary N) is 1. The van der Waals surface area contributed by atoms with Crippen LogP contribution in [0.15, 0.2) is 66.9 Å². The van der Waals surface area contributed by atoms with Crippen molar-refractivity contribution in [3.63, 3.8) is 0 Å². The molecule has 0 bridgehead atoms. The molecule has 1 amide bonds. The summed E-state index contributed by atoms with van der Waals surface area (Å²) in [6.45, 7) is 7.11. The van der Waals surface area contributed by atoms with E-state index in [2.05, 4.69) is 22.1 Å². The third-order valence-electron chi connectivity index (χ3n) is 5.71. The Morgan fingerprint density at radius 3 is 2.43 bits per heavy atom. The molecule has 3 aromatic rings. The fourth-order valence-electron chi connectivity index (χ4n) is 3.93. The van der Waals surface area contributed by atoms with E-state index < -0.39 is 5.60 Å². The fraction of sp³-hybridized carbons (Fsp3) is 0.310. The van der Waals surface area contributed by atoms with E-state index in [4.69, 9.17) is 16.3 Å². The second-order valence-electron chi connectivity index (χ2n) is 9.62. The van der Waals surface area contributed by atoms with Gasteiger partial charge in [0.2, 0.25) is 0 Å². The molecule has 35 heavy (non-hydrogen) atoms. The number of nitrogens with zero attached hydrogens (tertiary/aromatic N) is 2. The van der Waals surface area contributed by atoms with Gasteiger partial charge in [-0.3, -0.25) is 0 Å². The first-order chi connectivity index (χ1) is 16.8. The van der Waals surface area contributed by atoms with Crippen molar-refractivity contribution in [3.8, 4) is 23.0 Å². The number of hydrogen-bond acceptors (Lipinski definition) is 4. The summed E-state index contributed by atoms with van der Waals surface area (Å²) >= 11 is 5.96. The lowest BCUT2D eigenvalue weighted by molar-refractivity contribution is 0.0235. The van der Waals surface area contributed by atoms with Crippen molar-refractivity contribution in [2.75, 3.05) is 18.4 Å². The number of ether oxygens (including phenoxy) is 1. The zero-order chi connectivity index (χ0) is 24.8. The van der Waals surface area contributed by atoms with Crippen molar-refractivity contribution >= 4 is 23.4 Å². The SMILES string of the molecule is CC(C)(C)OC(=O)N1CCC[C@H]1CNc1ccc(C#Cc2ccc(-c3ccc(Cl)cc3)cn2)cc1. The number of benzene rings is 2. The van der Waals surface area contributed by atoms with E-state index in [9.17, 15) is 4.79 Å².